The molecule has 24 heavy (non-hydrogen) atoms. The number of aromatic amines is 1. The van der Waals surface area contributed by atoms with Crippen LogP contribution in [0.2, 0.25) is 0 Å². The number of fused-ring (bicyclic) bond motifs is 1. The van der Waals surface area contributed by atoms with Crippen LogP contribution < -0.4 is 0 Å². The largest absolute Gasteiger partial charge is 0.379 e. The normalized spacial score (nSPS) is 18.7. The third kappa shape index (κ3) is 3.00. The summed E-state index contributed by atoms with van der Waals surface area (Å²) in [6, 6.07) is 5.62. The molecule has 0 aliphatic carbocycles. The lowest BCUT2D eigenvalue weighted by molar-refractivity contribution is 0.0731. The highest BCUT2D eigenvalue weighted by Gasteiger charge is 2.24. The lowest BCUT2D eigenvalue weighted by Crippen LogP contribution is -2.36. The molecule has 3 aromatic rings. The van der Waals surface area contributed by atoms with Gasteiger partial charge in [0.2, 0.25) is 0 Å². The van der Waals surface area contributed by atoms with Crippen molar-refractivity contribution in [3.05, 3.63) is 48.2 Å². The molecule has 1 aliphatic heterocycles. The second-order valence-corrected chi connectivity index (χ2v) is 5.92. The molecule has 1 saturated heterocycles. The first-order chi connectivity index (χ1) is 11.8. The van der Waals surface area contributed by atoms with Gasteiger partial charge in [0.25, 0.3) is 5.91 Å². The second kappa shape index (κ2) is 6.40. The Morgan fingerprint density at radius 3 is 3.17 bits per heavy atom. The molecule has 0 radical (unpaired) electrons. The minimum absolute atomic E-state index is 0.0407. The lowest BCUT2D eigenvalue weighted by Gasteiger charge is -2.22. The number of imidazole rings is 1. The van der Waals surface area contributed by atoms with E-state index in [4.69, 9.17) is 4.74 Å². The van der Waals surface area contributed by atoms with E-state index in [1.807, 2.05) is 23.2 Å². The van der Waals surface area contributed by atoms with Gasteiger partial charge >= 0.3 is 0 Å². The second-order valence-electron chi connectivity index (χ2n) is 5.92. The number of hydrogen-bond donors (Lipinski definition) is 1. The standard InChI is InChI=1S/C16H18N6O2/c23-16(14-3-4-18-19-14)21-7-8-24-11-12(10-21)9-13-1-2-15-17-5-6-22(15)20-13/h1-6,12H,7-11H2,(H,18,19). The molecule has 3 aromatic heterocycles. The van der Waals surface area contributed by atoms with Gasteiger partial charge in [0.05, 0.1) is 18.9 Å². The third-order valence-corrected chi connectivity index (χ3v) is 4.16. The molecule has 1 unspecified atom stereocenters. The molecule has 1 aliphatic rings. The Balaban J connectivity index is 1.48. The van der Waals surface area contributed by atoms with Crippen LogP contribution in [0.1, 0.15) is 16.2 Å². The van der Waals surface area contributed by atoms with E-state index in [0.717, 1.165) is 17.8 Å². The van der Waals surface area contributed by atoms with Crippen LogP contribution in [-0.4, -0.2) is 61.9 Å². The summed E-state index contributed by atoms with van der Waals surface area (Å²) < 4.78 is 7.45. The van der Waals surface area contributed by atoms with Crippen molar-refractivity contribution >= 4 is 11.6 Å². The zero-order chi connectivity index (χ0) is 16.4. The van der Waals surface area contributed by atoms with Crippen LogP contribution in [-0.2, 0) is 11.2 Å². The molecule has 8 nitrogen and oxygen atoms in total. The van der Waals surface area contributed by atoms with Gasteiger partial charge in [-0.3, -0.25) is 9.89 Å². The number of carbonyl (C=O) groups is 1. The van der Waals surface area contributed by atoms with Crippen LogP contribution in [0, 0.1) is 5.92 Å². The third-order valence-electron chi connectivity index (χ3n) is 4.16. The van der Waals surface area contributed by atoms with Gasteiger partial charge in [-0.2, -0.15) is 10.2 Å². The maximum Gasteiger partial charge on any atom is 0.271 e. The Kier molecular flexibility index (Phi) is 3.96. The molecule has 124 valence electrons. The Hall–Kier alpha value is -2.74. The highest BCUT2D eigenvalue weighted by atomic mass is 16.5. The molecule has 0 saturated carbocycles. The fourth-order valence-electron chi connectivity index (χ4n) is 2.99. The first-order valence-corrected chi connectivity index (χ1v) is 7.95. The predicted octanol–water partition coefficient (Wildman–Crippen LogP) is 0.784. The number of rotatable bonds is 3. The first kappa shape index (κ1) is 14.8. The maximum absolute atomic E-state index is 12.5. The topological polar surface area (TPSA) is 88.4 Å². The fourth-order valence-corrected chi connectivity index (χ4v) is 2.99. The average molecular weight is 326 g/mol. The van der Waals surface area contributed by atoms with Gasteiger partial charge in [0.15, 0.2) is 5.65 Å². The van der Waals surface area contributed by atoms with Gasteiger partial charge in [0, 0.05) is 37.6 Å². The molecule has 1 atom stereocenters. The van der Waals surface area contributed by atoms with Gasteiger partial charge in [-0.25, -0.2) is 9.50 Å². The minimum Gasteiger partial charge on any atom is -0.379 e. The molecule has 0 spiro atoms. The summed E-state index contributed by atoms with van der Waals surface area (Å²) in [5, 5.41) is 11.1. The Labute approximate surface area is 138 Å². The monoisotopic (exact) mass is 326 g/mol. The highest BCUT2D eigenvalue weighted by molar-refractivity contribution is 5.92. The van der Waals surface area contributed by atoms with Crippen molar-refractivity contribution in [2.75, 3.05) is 26.3 Å². The van der Waals surface area contributed by atoms with Crippen LogP contribution in [0.25, 0.3) is 5.65 Å². The fraction of sp³-hybridized carbons (Fsp3) is 0.375. The Morgan fingerprint density at radius 2 is 2.29 bits per heavy atom. The van der Waals surface area contributed by atoms with E-state index in [-0.39, 0.29) is 11.8 Å². The molecule has 8 heteroatoms. The zero-order valence-corrected chi connectivity index (χ0v) is 13.1. The first-order valence-electron chi connectivity index (χ1n) is 7.95. The molecule has 1 N–H and O–H groups in total. The van der Waals surface area contributed by atoms with Gasteiger partial charge < -0.3 is 9.64 Å². The molecule has 4 heterocycles. The number of H-pyrrole nitrogens is 1. The van der Waals surface area contributed by atoms with Crippen molar-refractivity contribution < 1.29 is 9.53 Å². The number of nitrogens with one attached hydrogen (secondary N) is 1. The predicted molar refractivity (Wildman–Crippen MR) is 85.5 cm³/mol. The van der Waals surface area contributed by atoms with Crippen molar-refractivity contribution in [3.63, 3.8) is 0 Å². The SMILES string of the molecule is O=C(c1ccn[nH]1)N1CCOCC(Cc2ccc3nccn3n2)C1. The molecule has 1 fully saturated rings. The van der Waals surface area contributed by atoms with Gasteiger partial charge in [-0.1, -0.05) is 0 Å². The Bertz CT molecular complexity index is 828. The lowest BCUT2D eigenvalue weighted by atomic mass is 10.0. The quantitative estimate of drug-likeness (QED) is 0.768. The average Bonchev–Trinajstić information content (AvgIpc) is 3.23. The molecule has 0 bridgehead atoms. The number of carbonyl (C=O) groups excluding carboxylic acids is 1. The van der Waals surface area contributed by atoms with Crippen molar-refractivity contribution in [1.82, 2.24) is 29.7 Å². The summed E-state index contributed by atoms with van der Waals surface area (Å²) in [5.74, 6) is 0.161. The van der Waals surface area contributed by atoms with Crippen molar-refractivity contribution in [2.24, 2.45) is 5.92 Å². The molecular weight excluding hydrogens is 308 g/mol. The van der Waals surface area contributed by atoms with Crippen molar-refractivity contribution in [1.29, 1.82) is 0 Å². The number of hydrogen-bond acceptors (Lipinski definition) is 5. The van der Waals surface area contributed by atoms with Gasteiger partial charge in [-0.05, 0) is 24.6 Å². The minimum atomic E-state index is -0.0407. The van der Waals surface area contributed by atoms with E-state index in [1.54, 1.807) is 23.0 Å². The van der Waals surface area contributed by atoms with Crippen LogP contribution >= 0.6 is 0 Å². The maximum atomic E-state index is 12.5. The van der Waals surface area contributed by atoms with Crippen LogP contribution in [0.4, 0.5) is 0 Å². The number of nitrogens with zero attached hydrogens (tertiary/aromatic N) is 5. The van der Waals surface area contributed by atoms with E-state index >= 15 is 0 Å². The molecular formula is C16H18N6O2. The summed E-state index contributed by atoms with van der Waals surface area (Å²) in [7, 11) is 0. The molecule has 0 aromatic carbocycles. The van der Waals surface area contributed by atoms with E-state index in [9.17, 15) is 4.79 Å². The van der Waals surface area contributed by atoms with E-state index in [1.165, 1.54) is 0 Å². The Morgan fingerprint density at radius 1 is 1.33 bits per heavy atom. The summed E-state index contributed by atoms with van der Waals surface area (Å²) in [4.78, 5) is 18.5. The van der Waals surface area contributed by atoms with Crippen LogP contribution in [0.3, 0.4) is 0 Å². The summed E-state index contributed by atoms with van der Waals surface area (Å²) in [5.41, 5.74) is 2.30. The summed E-state index contributed by atoms with van der Waals surface area (Å²) in [6.07, 6.45) is 5.90. The van der Waals surface area contributed by atoms with E-state index in [2.05, 4.69) is 20.3 Å². The van der Waals surface area contributed by atoms with Crippen molar-refractivity contribution in [2.45, 2.75) is 6.42 Å². The van der Waals surface area contributed by atoms with Crippen LogP contribution in [0.5, 0.6) is 0 Å². The number of amides is 1. The number of aromatic nitrogens is 5. The number of ether oxygens (including phenoxy) is 1. The van der Waals surface area contributed by atoms with E-state index in [0.29, 0.717) is 32.0 Å². The van der Waals surface area contributed by atoms with Crippen molar-refractivity contribution in [3.8, 4) is 0 Å². The van der Waals surface area contributed by atoms with E-state index < -0.39 is 0 Å². The summed E-state index contributed by atoms with van der Waals surface area (Å²) >= 11 is 0. The van der Waals surface area contributed by atoms with Gasteiger partial charge in [0.1, 0.15) is 5.69 Å². The molecule has 1 amide bonds. The highest BCUT2D eigenvalue weighted by Crippen LogP contribution is 2.15. The smallest absolute Gasteiger partial charge is 0.271 e. The van der Waals surface area contributed by atoms with Crippen LogP contribution in [0.15, 0.2) is 36.8 Å². The zero-order valence-electron chi connectivity index (χ0n) is 13.1. The van der Waals surface area contributed by atoms with Gasteiger partial charge in [-0.15, -0.1) is 0 Å². The summed E-state index contributed by atoms with van der Waals surface area (Å²) in [6.45, 7) is 2.39. The molecule has 4 rings (SSSR count).